The van der Waals surface area contributed by atoms with Gasteiger partial charge in [0.05, 0.1) is 0 Å². The minimum Gasteiger partial charge on any atom is -0.352 e. The van der Waals surface area contributed by atoms with E-state index in [0.29, 0.717) is 19.5 Å². The van der Waals surface area contributed by atoms with Gasteiger partial charge in [0.1, 0.15) is 0 Å². The van der Waals surface area contributed by atoms with Crippen molar-refractivity contribution in [3.8, 4) is 0 Å². The van der Waals surface area contributed by atoms with Crippen LogP contribution in [-0.2, 0) is 17.9 Å². The number of carbonyl (C=O) groups is 1. The molecule has 0 aliphatic heterocycles. The molecule has 0 aliphatic carbocycles. The first kappa shape index (κ1) is 14.8. The summed E-state index contributed by atoms with van der Waals surface area (Å²) in [7, 11) is 0. The Balaban J connectivity index is 1.56. The van der Waals surface area contributed by atoms with Crippen LogP contribution in [-0.4, -0.2) is 15.5 Å². The highest BCUT2D eigenvalue weighted by atomic mass is 79.9. The SMILES string of the molecule is O=C(CCn1ccc2cc(Br)ccc21)NCc1cccnc1. The number of carbonyl (C=O) groups excluding carboxylic acids is 1. The van der Waals surface area contributed by atoms with Gasteiger partial charge < -0.3 is 9.88 Å². The maximum Gasteiger partial charge on any atom is 0.222 e. The molecule has 1 amide bonds. The number of rotatable bonds is 5. The monoisotopic (exact) mass is 357 g/mol. The van der Waals surface area contributed by atoms with Gasteiger partial charge in [-0.2, -0.15) is 0 Å². The number of hydrogen-bond donors (Lipinski definition) is 1. The number of halogens is 1. The van der Waals surface area contributed by atoms with Crippen LogP contribution in [0.25, 0.3) is 10.9 Å². The molecule has 0 unspecified atom stereocenters. The van der Waals surface area contributed by atoms with Gasteiger partial charge in [-0.1, -0.05) is 22.0 Å². The lowest BCUT2D eigenvalue weighted by Gasteiger charge is -2.07. The smallest absolute Gasteiger partial charge is 0.222 e. The predicted molar refractivity (Wildman–Crippen MR) is 90.3 cm³/mol. The molecule has 2 heterocycles. The highest BCUT2D eigenvalue weighted by Gasteiger charge is 2.05. The van der Waals surface area contributed by atoms with Gasteiger partial charge in [0, 0.05) is 53.5 Å². The first-order valence-electron chi connectivity index (χ1n) is 7.12. The summed E-state index contributed by atoms with van der Waals surface area (Å²) in [5, 5.41) is 4.09. The van der Waals surface area contributed by atoms with Crippen LogP contribution in [0.1, 0.15) is 12.0 Å². The van der Waals surface area contributed by atoms with E-state index in [1.165, 1.54) is 5.39 Å². The number of fused-ring (bicyclic) bond motifs is 1. The third-order valence-electron chi connectivity index (χ3n) is 3.53. The van der Waals surface area contributed by atoms with E-state index in [1.807, 2.05) is 24.4 Å². The fourth-order valence-electron chi connectivity index (χ4n) is 2.38. The molecule has 0 saturated carbocycles. The van der Waals surface area contributed by atoms with Crippen LogP contribution in [0.15, 0.2) is 59.5 Å². The van der Waals surface area contributed by atoms with Crippen molar-refractivity contribution >= 4 is 32.7 Å². The van der Waals surface area contributed by atoms with Gasteiger partial charge in [-0.3, -0.25) is 9.78 Å². The maximum absolute atomic E-state index is 11.9. The standard InChI is InChI=1S/C17H16BrN3O/c18-15-3-4-16-14(10-15)5-8-21(16)9-6-17(22)20-12-13-2-1-7-19-11-13/h1-5,7-8,10-11H,6,9,12H2,(H,20,22). The molecular formula is C17H16BrN3O. The summed E-state index contributed by atoms with van der Waals surface area (Å²) in [6.45, 7) is 1.19. The van der Waals surface area contributed by atoms with Crippen LogP contribution in [0.5, 0.6) is 0 Å². The summed E-state index contributed by atoms with van der Waals surface area (Å²) in [5.74, 6) is 0.0443. The average Bonchev–Trinajstić information content (AvgIpc) is 2.94. The van der Waals surface area contributed by atoms with Gasteiger partial charge in [-0.25, -0.2) is 0 Å². The first-order chi connectivity index (χ1) is 10.7. The molecule has 0 spiro atoms. The molecule has 3 aromatic rings. The first-order valence-corrected chi connectivity index (χ1v) is 7.92. The van der Waals surface area contributed by atoms with E-state index in [1.54, 1.807) is 12.4 Å². The Kier molecular flexibility index (Phi) is 4.53. The number of aromatic nitrogens is 2. The fourth-order valence-corrected chi connectivity index (χ4v) is 2.76. The minimum absolute atomic E-state index is 0.0443. The summed E-state index contributed by atoms with van der Waals surface area (Å²) in [6.07, 6.45) is 5.96. The molecule has 22 heavy (non-hydrogen) atoms. The molecule has 0 fully saturated rings. The second-order valence-electron chi connectivity index (χ2n) is 5.10. The fraction of sp³-hybridized carbons (Fsp3) is 0.176. The Morgan fingerprint density at radius 1 is 1.27 bits per heavy atom. The second-order valence-corrected chi connectivity index (χ2v) is 6.02. The molecule has 1 N–H and O–H groups in total. The number of pyridine rings is 1. The summed E-state index contributed by atoms with van der Waals surface area (Å²) < 4.78 is 3.16. The summed E-state index contributed by atoms with van der Waals surface area (Å²) >= 11 is 3.47. The zero-order chi connectivity index (χ0) is 15.4. The Labute approximate surface area is 137 Å². The molecule has 1 aromatic carbocycles. The third kappa shape index (κ3) is 3.54. The van der Waals surface area contributed by atoms with E-state index < -0.39 is 0 Å². The number of benzene rings is 1. The van der Waals surface area contributed by atoms with Crippen molar-refractivity contribution in [2.75, 3.05) is 0 Å². The third-order valence-corrected chi connectivity index (χ3v) is 4.02. The lowest BCUT2D eigenvalue weighted by molar-refractivity contribution is -0.121. The van der Waals surface area contributed by atoms with Gasteiger partial charge in [0.2, 0.25) is 5.91 Å². The van der Waals surface area contributed by atoms with Crippen LogP contribution in [0.4, 0.5) is 0 Å². The molecule has 0 radical (unpaired) electrons. The highest BCUT2D eigenvalue weighted by Crippen LogP contribution is 2.21. The van der Waals surface area contributed by atoms with Crippen molar-refractivity contribution in [2.45, 2.75) is 19.5 Å². The van der Waals surface area contributed by atoms with Crippen molar-refractivity contribution in [3.05, 3.63) is 65.0 Å². The molecule has 0 bridgehead atoms. The van der Waals surface area contributed by atoms with Crippen molar-refractivity contribution in [1.29, 1.82) is 0 Å². The average molecular weight is 358 g/mol. The van der Waals surface area contributed by atoms with Gasteiger partial charge in [0.25, 0.3) is 0 Å². The number of amides is 1. The van der Waals surface area contributed by atoms with Crippen molar-refractivity contribution in [2.24, 2.45) is 0 Å². The van der Waals surface area contributed by atoms with E-state index in [-0.39, 0.29) is 5.91 Å². The lowest BCUT2D eigenvalue weighted by Crippen LogP contribution is -2.23. The molecule has 5 heteroatoms. The zero-order valence-electron chi connectivity index (χ0n) is 12.0. The van der Waals surface area contributed by atoms with Crippen LogP contribution in [0.2, 0.25) is 0 Å². The van der Waals surface area contributed by atoms with Gasteiger partial charge in [-0.15, -0.1) is 0 Å². The van der Waals surface area contributed by atoms with Crippen molar-refractivity contribution in [3.63, 3.8) is 0 Å². The Morgan fingerprint density at radius 2 is 2.18 bits per heavy atom. The summed E-state index contributed by atoms with van der Waals surface area (Å²) in [6, 6.07) is 12.0. The second kappa shape index (κ2) is 6.75. The van der Waals surface area contributed by atoms with Crippen molar-refractivity contribution in [1.82, 2.24) is 14.9 Å². The van der Waals surface area contributed by atoms with Gasteiger partial charge in [0.15, 0.2) is 0 Å². The van der Waals surface area contributed by atoms with Crippen LogP contribution < -0.4 is 5.32 Å². The molecule has 0 atom stereocenters. The van der Waals surface area contributed by atoms with Gasteiger partial charge in [-0.05, 0) is 35.9 Å². The Morgan fingerprint density at radius 3 is 3.00 bits per heavy atom. The van der Waals surface area contributed by atoms with Crippen LogP contribution in [0, 0.1) is 0 Å². The van der Waals surface area contributed by atoms with E-state index in [2.05, 4.69) is 49.0 Å². The normalized spacial score (nSPS) is 10.8. The molecule has 0 saturated heterocycles. The van der Waals surface area contributed by atoms with Crippen LogP contribution >= 0.6 is 15.9 Å². The lowest BCUT2D eigenvalue weighted by atomic mass is 10.2. The Hall–Kier alpha value is -2.14. The largest absolute Gasteiger partial charge is 0.352 e. The van der Waals surface area contributed by atoms with Gasteiger partial charge >= 0.3 is 0 Å². The molecule has 112 valence electrons. The van der Waals surface area contributed by atoms with E-state index in [9.17, 15) is 4.79 Å². The molecule has 2 aromatic heterocycles. The Bertz CT molecular complexity index is 783. The number of hydrogen-bond acceptors (Lipinski definition) is 2. The van der Waals surface area contributed by atoms with E-state index in [0.717, 1.165) is 15.6 Å². The predicted octanol–water partition coefficient (Wildman–Crippen LogP) is 3.51. The van der Waals surface area contributed by atoms with Crippen LogP contribution in [0.3, 0.4) is 0 Å². The maximum atomic E-state index is 11.9. The minimum atomic E-state index is 0.0443. The molecular weight excluding hydrogens is 342 g/mol. The zero-order valence-corrected chi connectivity index (χ0v) is 13.6. The van der Waals surface area contributed by atoms with E-state index >= 15 is 0 Å². The highest BCUT2D eigenvalue weighted by molar-refractivity contribution is 9.10. The van der Waals surface area contributed by atoms with Crippen molar-refractivity contribution < 1.29 is 4.79 Å². The number of aryl methyl sites for hydroxylation is 1. The number of nitrogens with one attached hydrogen (secondary N) is 1. The molecule has 0 aliphatic rings. The molecule has 3 rings (SSSR count). The summed E-state index contributed by atoms with van der Waals surface area (Å²) in [5.41, 5.74) is 2.15. The summed E-state index contributed by atoms with van der Waals surface area (Å²) in [4.78, 5) is 16.0. The van der Waals surface area contributed by atoms with E-state index in [4.69, 9.17) is 0 Å². The molecule has 4 nitrogen and oxygen atoms in total. The quantitative estimate of drug-likeness (QED) is 0.759. The topological polar surface area (TPSA) is 46.9 Å². The number of nitrogens with zero attached hydrogens (tertiary/aromatic N) is 2.